The summed E-state index contributed by atoms with van der Waals surface area (Å²) in [5.41, 5.74) is 0.155. The molecule has 2 aliphatic heterocycles. The maximum Gasteiger partial charge on any atom is 0.306 e. The molecule has 7 nitrogen and oxygen atoms in total. The number of aliphatic hydroxyl groups is 2. The molecule has 9 atom stereocenters. The Bertz CT molecular complexity index is 773. The van der Waals surface area contributed by atoms with Crippen molar-refractivity contribution in [2.45, 2.75) is 96.2 Å². The summed E-state index contributed by atoms with van der Waals surface area (Å²) in [5.74, 6) is -0.621. The van der Waals surface area contributed by atoms with Crippen LogP contribution in [0, 0.1) is 23.7 Å². The average molecular weight is 465 g/mol. The van der Waals surface area contributed by atoms with E-state index in [9.17, 15) is 19.8 Å². The second-order valence-electron chi connectivity index (χ2n) is 10.4. The molecular formula is C26H40O7. The third kappa shape index (κ3) is 5.36. The molecule has 1 saturated carbocycles. The monoisotopic (exact) mass is 464 g/mol. The number of esters is 2. The third-order valence-corrected chi connectivity index (χ3v) is 7.86. The van der Waals surface area contributed by atoms with Crippen LogP contribution in [-0.2, 0) is 23.8 Å². The SMILES string of the molecule is C=C1CC[C@H]([C@@H](C)COC(C)=O)[C@@H]2[C@H]1[C@H]1CC(=C)[C@@H](O)C[C@H](OC(=O)CCC)[C@@](C)(O)[C@@H]2O1. The minimum Gasteiger partial charge on any atom is -0.466 e. The molecule has 0 radical (unpaired) electrons. The van der Waals surface area contributed by atoms with Crippen LogP contribution in [0.15, 0.2) is 24.3 Å². The topological polar surface area (TPSA) is 102 Å². The minimum atomic E-state index is -1.52. The highest BCUT2D eigenvalue weighted by atomic mass is 16.6. The fourth-order valence-electron chi connectivity index (χ4n) is 6.05. The van der Waals surface area contributed by atoms with E-state index in [0.29, 0.717) is 25.0 Å². The molecule has 7 heteroatoms. The van der Waals surface area contributed by atoms with Gasteiger partial charge in [-0.2, -0.15) is 0 Å². The number of hydrogen-bond acceptors (Lipinski definition) is 7. The van der Waals surface area contributed by atoms with Crippen molar-refractivity contribution in [1.29, 1.82) is 0 Å². The largest absolute Gasteiger partial charge is 0.466 e. The first kappa shape index (κ1) is 25.9. The Morgan fingerprint density at radius 3 is 2.64 bits per heavy atom. The fraction of sp³-hybridized carbons (Fsp3) is 0.769. The number of aliphatic hydroxyl groups excluding tert-OH is 1. The smallest absolute Gasteiger partial charge is 0.306 e. The van der Waals surface area contributed by atoms with Crippen molar-refractivity contribution in [1.82, 2.24) is 0 Å². The van der Waals surface area contributed by atoms with E-state index >= 15 is 0 Å². The average Bonchev–Trinajstić information content (AvgIpc) is 3.12. The number of rotatable bonds is 6. The number of hydrogen-bond donors (Lipinski definition) is 2. The van der Waals surface area contributed by atoms with Crippen LogP contribution in [0.4, 0.5) is 0 Å². The molecule has 0 unspecified atom stereocenters. The Morgan fingerprint density at radius 2 is 2.00 bits per heavy atom. The molecule has 3 fully saturated rings. The Balaban J connectivity index is 1.99. The predicted octanol–water partition coefficient (Wildman–Crippen LogP) is 3.33. The lowest BCUT2D eigenvalue weighted by Gasteiger charge is -2.46. The highest BCUT2D eigenvalue weighted by Crippen LogP contribution is 2.55. The zero-order valence-corrected chi connectivity index (χ0v) is 20.4. The van der Waals surface area contributed by atoms with Crippen molar-refractivity contribution in [2.24, 2.45) is 23.7 Å². The number of fused-ring (bicyclic) bond motifs is 5. The maximum atomic E-state index is 12.4. The lowest BCUT2D eigenvalue weighted by Crippen LogP contribution is -2.57. The summed E-state index contributed by atoms with van der Waals surface area (Å²) in [5, 5.41) is 22.6. The van der Waals surface area contributed by atoms with Crippen LogP contribution in [0.25, 0.3) is 0 Å². The van der Waals surface area contributed by atoms with Crippen LogP contribution in [-0.4, -0.2) is 58.8 Å². The van der Waals surface area contributed by atoms with Crippen LogP contribution in [0.1, 0.15) is 66.2 Å². The second-order valence-corrected chi connectivity index (χ2v) is 10.4. The van der Waals surface area contributed by atoms with Crippen molar-refractivity contribution in [3.05, 3.63) is 24.3 Å². The van der Waals surface area contributed by atoms with E-state index in [1.54, 1.807) is 6.92 Å². The highest BCUT2D eigenvalue weighted by Gasteiger charge is 2.60. The molecule has 2 bridgehead atoms. The number of ether oxygens (including phenoxy) is 3. The van der Waals surface area contributed by atoms with E-state index in [-0.39, 0.29) is 48.6 Å². The molecule has 3 aliphatic rings. The van der Waals surface area contributed by atoms with Crippen molar-refractivity contribution in [3.63, 3.8) is 0 Å². The molecule has 2 heterocycles. The lowest BCUT2D eigenvalue weighted by atomic mass is 9.60. The predicted molar refractivity (Wildman–Crippen MR) is 123 cm³/mol. The second kappa shape index (κ2) is 10.3. The van der Waals surface area contributed by atoms with Gasteiger partial charge in [0.1, 0.15) is 11.7 Å². The van der Waals surface area contributed by atoms with Crippen LogP contribution >= 0.6 is 0 Å². The number of carbonyl (C=O) groups excluding carboxylic acids is 2. The molecular weight excluding hydrogens is 424 g/mol. The van der Waals surface area contributed by atoms with Gasteiger partial charge in [0.25, 0.3) is 0 Å². The molecule has 0 aromatic rings. The van der Waals surface area contributed by atoms with Gasteiger partial charge in [0.05, 0.1) is 24.9 Å². The first-order chi connectivity index (χ1) is 15.5. The molecule has 0 amide bonds. The van der Waals surface area contributed by atoms with Crippen LogP contribution < -0.4 is 0 Å². The Kier molecular flexibility index (Phi) is 8.07. The maximum absolute atomic E-state index is 12.4. The van der Waals surface area contributed by atoms with Crippen molar-refractivity contribution >= 4 is 11.9 Å². The summed E-state index contributed by atoms with van der Waals surface area (Å²) in [6.45, 7) is 15.7. The summed E-state index contributed by atoms with van der Waals surface area (Å²) in [6.07, 6.45) is 0.340. The number of carbonyl (C=O) groups is 2. The van der Waals surface area contributed by atoms with Crippen molar-refractivity contribution in [3.8, 4) is 0 Å². The third-order valence-electron chi connectivity index (χ3n) is 7.86. The minimum absolute atomic E-state index is 0.0194. The summed E-state index contributed by atoms with van der Waals surface area (Å²) < 4.78 is 17.6. The van der Waals surface area contributed by atoms with Crippen LogP contribution in [0.2, 0.25) is 0 Å². The van der Waals surface area contributed by atoms with Gasteiger partial charge in [-0.05, 0) is 50.0 Å². The van der Waals surface area contributed by atoms with E-state index < -0.39 is 29.9 Å². The van der Waals surface area contributed by atoms with Gasteiger partial charge >= 0.3 is 11.9 Å². The van der Waals surface area contributed by atoms with Gasteiger partial charge in [0.2, 0.25) is 0 Å². The Morgan fingerprint density at radius 1 is 1.30 bits per heavy atom. The zero-order valence-electron chi connectivity index (χ0n) is 20.4. The molecule has 2 N–H and O–H groups in total. The van der Waals surface area contributed by atoms with E-state index in [4.69, 9.17) is 14.2 Å². The van der Waals surface area contributed by atoms with E-state index in [2.05, 4.69) is 20.1 Å². The lowest BCUT2D eigenvalue weighted by molar-refractivity contribution is -0.194. The molecule has 0 aromatic heterocycles. The van der Waals surface area contributed by atoms with Gasteiger partial charge in [-0.25, -0.2) is 0 Å². The first-order valence-corrected chi connectivity index (χ1v) is 12.2. The van der Waals surface area contributed by atoms with E-state index in [0.717, 1.165) is 18.4 Å². The van der Waals surface area contributed by atoms with E-state index in [1.807, 2.05) is 6.92 Å². The van der Waals surface area contributed by atoms with Gasteiger partial charge in [0, 0.05) is 31.6 Å². The summed E-state index contributed by atoms with van der Waals surface area (Å²) in [6, 6.07) is 0. The van der Waals surface area contributed by atoms with Gasteiger partial charge < -0.3 is 24.4 Å². The summed E-state index contributed by atoms with van der Waals surface area (Å²) in [4.78, 5) is 23.8. The standard InChI is InChI=1S/C26H40O7/c1-7-8-22(29)33-21-12-19(28)15(3)11-20-23-14(2)9-10-18(16(4)13-31-17(5)27)24(23)25(32-20)26(21,6)30/h16,18-21,23-25,28,30H,2-3,7-13H2,1,4-6H3/t16-,18+,19-,20+,21-,23+,24+,25+,26+/m0/s1. The quantitative estimate of drug-likeness (QED) is 0.459. The van der Waals surface area contributed by atoms with Crippen molar-refractivity contribution in [2.75, 3.05) is 6.61 Å². The molecule has 0 spiro atoms. The molecule has 0 aromatic carbocycles. The molecule has 1 aliphatic carbocycles. The zero-order chi connectivity index (χ0) is 24.5. The summed E-state index contributed by atoms with van der Waals surface area (Å²) >= 11 is 0. The van der Waals surface area contributed by atoms with Gasteiger partial charge in [-0.15, -0.1) is 0 Å². The summed E-state index contributed by atoms with van der Waals surface area (Å²) in [7, 11) is 0. The molecule has 2 saturated heterocycles. The first-order valence-electron chi connectivity index (χ1n) is 12.2. The molecule has 186 valence electrons. The highest BCUT2D eigenvalue weighted by molar-refractivity contribution is 5.69. The van der Waals surface area contributed by atoms with Gasteiger partial charge in [-0.1, -0.05) is 32.6 Å². The Labute approximate surface area is 197 Å². The molecule has 3 rings (SSSR count). The Hall–Kier alpha value is -1.70. The van der Waals surface area contributed by atoms with Crippen LogP contribution in [0.3, 0.4) is 0 Å². The van der Waals surface area contributed by atoms with Gasteiger partial charge in [0.15, 0.2) is 0 Å². The van der Waals surface area contributed by atoms with Crippen LogP contribution in [0.5, 0.6) is 0 Å². The van der Waals surface area contributed by atoms with E-state index in [1.165, 1.54) is 6.92 Å². The van der Waals surface area contributed by atoms with Gasteiger partial charge in [-0.3, -0.25) is 9.59 Å². The normalized spacial score (nSPS) is 39.6. The fourth-order valence-corrected chi connectivity index (χ4v) is 6.05. The molecule has 33 heavy (non-hydrogen) atoms. The van der Waals surface area contributed by atoms with Crippen molar-refractivity contribution < 1.29 is 34.0 Å².